The molecule has 1 aromatic rings. The molecule has 0 amide bonds. The second-order valence-corrected chi connectivity index (χ2v) is 3.34. The van der Waals surface area contributed by atoms with E-state index in [0.29, 0.717) is 6.07 Å². The SMILES string of the molecule is N#CC(=O)c1cccc(C(O)(O)F)c1C(O)(O)F. The highest BCUT2D eigenvalue weighted by atomic mass is 19.2. The summed E-state index contributed by atoms with van der Waals surface area (Å²) in [5.74, 6) is -1.40. The van der Waals surface area contributed by atoms with Crippen LogP contribution in [0, 0.1) is 11.3 Å². The van der Waals surface area contributed by atoms with Crippen LogP contribution in [0.2, 0.25) is 0 Å². The Bertz CT molecular complexity index is 525. The number of Topliss-reactive ketones (excluding diaryl/α,β-unsaturated/α-hetero) is 1. The molecule has 6 nitrogen and oxygen atoms in total. The summed E-state index contributed by atoms with van der Waals surface area (Å²) >= 11 is 0. The molecule has 0 unspecified atom stereocenters. The zero-order valence-corrected chi connectivity index (χ0v) is 8.63. The molecule has 96 valence electrons. The van der Waals surface area contributed by atoms with Crippen molar-refractivity contribution in [3.63, 3.8) is 0 Å². The summed E-state index contributed by atoms with van der Waals surface area (Å²) in [6.07, 6.45) is 0. The lowest BCUT2D eigenvalue weighted by atomic mass is 9.96. The Morgan fingerprint density at radius 1 is 1.17 bits per heavy atom. The van der Waals surface area contributed by atoms with Crippen LogP contribution in [-0.4, -0.2) is 26.2 Å². The van der Waals surface area contributed by atoms with Gasteiger partial charge in [0, 0.05) is 5.56 Å². The molecule has 0 aliphatic carbocycles. The van der Waals surface area contributed by atoms with Crippen LogP contribution in [-0.2, 0) is 12.1 Å². The average Bonchev–Trinajstić information content (AvgIpc) is 2.24. The first-order chi connectivity index (χ1) is 8.09. The summed E-state index contributed by atoms with van der Waals surface area (Å²) in [7, 11) is 0. The van der Waals surface area contributed by atoms with Crippen molar-refractivity contribution in [2.45, 2.75) is 12.1 Å². The lowest BCUT2D eigenvalue weighted by molar-refractivity contribution is -0.290. The highest BCUT2D eigenvalue weighted by molar-refractivity contribution is 6.08. The molecule has 0 fully saturated rings. The molecule has 0 heterocycles. The number of carbonyl (C=O) groups is 1. The van der Waals surface area contributed by atoms with Gasteiger partial charge in [-0.1, -0.05) is 12.1 Å². The van der Waals surface area contributed by atoms with Gasteiger partial charge in [0.15, 0.2) is 0 Å². The summed E-state index contributed by atoms with van der Waals surface area (Å²) in [6, 6.07) is -4.94. The number of carbonyl (C=O) groups excluding carboxylic acids is 1. The van der Waals surface area contributed by atoms with Gasteiger partial charge >= 0.3 is 12.1 Å². The van der Waals surface area contributed by atoms with Crippen LogP contribution in [0.15, 0.2) is 18.2 Å². The maximum Gasteiger partial charge on any atom is 0.345 e. The number of alkyl halides is 2. The molecule has 0 saturated heterocycles. The monoisotopic (exact) mass is 259 g/mol. The van der Waals surface area contributed by atoms with Gasteiger partial charge in [0.05, 0.1) is 11.1 Å². The number of halogens is 2. The topological polar surface area (TPSA) is 122 Å². The van der Waals surface area contributed by atoms with Crippen LogP contribution < -0.4 is 0 Å². The van der Waals surface area contributed by atoms with E-state index >= 15 is 0 Å². The Balaban J connectivity index is 3.68. The molecule has 0 bridgehead atoms. The van der Waals surface area contributed by atoms with Gasteiger partial charge in [0.1, 0.15) is 6.07 Å². The highest BCUT2D eigenvalue weighted by Gasteiger charge is 2.40. The van der Waals surface area contributed by atoms with Crippen molar-refractivity contribution in [3.05, 3.63) is 34.9 Å². The van der Waals surface area contributed by atoms with Gasteiger partial charge < -0.3 is 20.4 Å². The van der Waals surface area contributed by atoms with Crippen LogP contribution in [0.3, 0.4) is 0 Å². The predicted octanol–water partition coefficient (Wildman–Crippen LogP) is -0.478. The number of aliphatic hydroxyl groups is 4. The zero-order valence-electron chi connectivity index (χ0n) is 8.63. The Hall–Kier alpha value is -1.92. The third kappa shape index (κ3) is 2.66. The molecule has 4 N–H and O–H groups in total. The van der Waals surface area contributed by atoms with E-state index < -0.39 is 34.6 Å². The third-order valence-corrected chi connectivity index (χ3v) is 2.07. The zero-order chi connectivity index (χ0) is 14.1. The molecule has 0 aromatic heterocycles. The van der Waals surface area contributed by atoms with Crippen LogP contribution in [0.25, 0.3) is 0 Å². The van der Waals surface area contributed by atoms with Crippen LogP contribution in [0.1, 0.15) is 21.5 Å². The largest absolute Gasteiger partial charge is 0.345 e. The smallest absolute Gasteiger partial charge is 0.336 e. The second-order valence-electron chi connectivity index (χ2n) is 3.34. The van der Waals surface area contributed by atoms with Crippen LogP contribution in [0.4, 0.5) is 8.78 Å². The Morgan fingerprint density at radius 3 is 2.11 bits per heavy atom. The molecule has 0 aliphatic rings. The lowest BCUT2D eigenvalue weighted by Crippen LogP contribution is -2.30. The van der Waals surface area contributed by atoms with Crippen molar-refractivity contribution in [2.24, 2.45) is 0 Å². The first kappa shape index (κ1) is 14.1. The minimum Gasteiger partial charge on any atom is -0.336 e. The van der Waals surface area contributed by atoms with E-state index in [9.17, 15) is 13.6 Å². The summed E-state index contributed by atoms with van der Waals surface area (Å²) in [5, 5.41) is 43.4. The number of ketones is 1. The average molecular weight is 259 g/mol. The van der Waals surface area contributed by atoms with E-state index in [1.807, 2.05) is 0 Å². The lowest BCUT2D eigenvalue weighted by Gasteiger charge is -2.22. The predicted molar refractivity (Wildman–Crippen MR) is 50.8 cm³/mol. The van der Waals surface area contributed by atoms with Crippen molar-refractivity contribution in [1.29, 1.82) is 5.26 Å². The van der Waals surface area contributed by atoms with E-state index in [0.717, 1.165) is 18.2 Å². The molecule has 0 spiro atoms. The highest BCUT2D eigenvalue weighted by Crippen LogP contribution is 2.33. The van der Waals surface area contributed by atoms with Gasteiger partial charge in [-0.15, -0.1) is 0 Å². The Labute approximate surface area is 99.0 Å². The number of rotatable bonds is 3. The molecule has 8 heteroatoms. The molecule has 1 rings (SSSR count). The molecule has 1 aromatic carbocycles. The van der Waals surface area contributed by atoms with E-state index in [2.05, 4.69) is 0 Å². The Kier molecular flexibility index (Phi) is 3.45. The number of nitrogens with zero attached hydrogens (tertiary/aromatic N) is 1. The molecule has 0 saturated carbocycles. The minimum absolute atomic E-state index is 0.615. The van der Waals surface area contributed by atoms with E-state index in [1.54, 1.807) is 0 Å². The van der Waals surface area contributed by atoms with Crippen molar-refractivity contribution in [1.82, 2.24) is 0 Å². The van der Waals surface area contributed by atoms with Crippen molar-refractivity contribution >= 4 is 5.78 Å². The second kappa shape index (κ2) is 4.40. The number of hydrogen-bond donors (Lipinski definition) is 4. The first-order valence-corrected chi connectivity index (χ1v) is 4.44. The van der Waals surface area contributed by atoms with Gasteiger partial charge in [0.2, 0.25) is 0 Å². The number of benzene rings is 1. The first-order valence-electron chi connectivity index (χ1n) is 4.44. The molecule has 0 aliphatic heterocycles. The number of hydrogen-bond acceptors (Lipinski definition) is 6. The fourth-order valence-corrected chi connectivity index (χ4v) is 1.41. The van der Waals surface area contributed by atoms with Gasteiger partial charge in [-0.25, -0.2) is 0 Å². The molecule has 0 atom stereocenters. The number of nitriles is 1. The molecule has 0 radical (unpaired) electrons. The van der Waals surface area contributed by atoms with Gasteiger partial charge in [-0.2, -0.15) is 14.0 Å². The fourth-order valence-electron chi connectivity index (χ4n) is 1.41. The van der Waals surface area contributed by atoms with E-state index in [4.69, 9.17) is 25.7 Å². The summed E-state index contributed by atoms with van der Waals surface area (Å²) in [5.41, 5.74) is -3.63. The van der Waals surface area contributed by atoms with Crippen molar-refractivity contribution < 1.29 is 34.0 Å². The summed E-state index contributed by atoms with van der Waals surface area (Å²) < 4.78 is 26.1. The van der Waals surface area contributed by atoms with Gasteiger partial charge in [0.25, 0.3) is 5.78 Å². The summed E-state index contributed by atoms with van der Waals surface area (Å²) in [6.45, 7) is 0. The van der Waals surface area contributed by atoms with E-state index in [-0.39, 0.29) is 0 Å². The van der Waals surface area contributed by atoms with E-state index in [1.165, 1.54) is 0 Å². The molecular formula is C10H7F2NO5. The minimum atomic E-state index is -4.22. The van der Waals surface area contributed by atoms with Crippen molar-refractivity contribution in [3.8, 4) is 6.07 Å². The summed E-state index contributed by atoms with van der Waals surface area (Å²) in [4.78, 5) is 11.1. The molecule has 18 heavy (non-hydrogen) atoms. The normalized spacial score (nSPS) is 12.1. The maximum atomic E-state index is 13.1. The quantitative estimate of drug-likeness (QED) is 0.330. The third-order valence-electron chi connectivity index (χ3n) is 2.07. The maximum absolute atomic E-state index is 13.1. The standard InChI is InChI=1S/C10H7F2NO5/c11-9(15,16)6-3-1-2-5(7(14)4-13)8(6)10(12,17)18/h1-3,15-18H. The van der Waals surface area contributed by atoms with Crippen molar-refractivity contribution in [2.75, 3.05) is 0 Å². The van der Waals surface area contributed by atoms with Crippen LogP contribution in [0.5, 0.6) is 0 Å². The van der Waals surface area contributed by atoms with Gasteiger partial charge in [-0.05, 0) is 6.07 Å². The van der Waals surface area contributed by atoms with Crippen LogP contribution >= 0.6 is 0 Å². The van der Waals surface area contributed by atoms with Gasteiger partial charge in [-0.3, -0.25) is 4.79 Å². The molecular weight excluding hydrogens is 252 g/mol. The Morgan fingerprint density at radius 2 is 1.72 bits per heavy atom. The fraction of sp³-hybridized carbons (Fsp3) is 0.200.